The average Bonchev–Trinajstić information content (AvgIpc) is 3.91. The Morgan fingerprint density at radius 2 is 0.885 bits per heavy atom. The van der Waals surface area contributed by atoms with E-state index in [0.29, 0.717) is 0 Å². The van der Waals surface area contributed by atoms with E-state index >= 15 is 0 Å². The van der Waals surface area contributed by atoms with Crippen molar-refractivity contribution in [1.82, 2.24) is 0 Å². The first-order valence-corrected chi connectivity index (χ1v) is 21.6. The fourth-order valence-electron chi connectivity index (χ4n) is 9.29. The molecule has 3 heteroatoms. The molecule has 0 fully saturated rings. The van der Waals surface area contributed by atoms with Gasteiger partial charge in [-0.05, 0) is 81.1 Å². The predicted octanol–water partition coefficient (Wildman–Crippen LogP) is 17.2. The molecule has 0 radical (unpaired) electrons. The van der Waals surface area contributed by atoms with Crippen molar-refractivity contribution in [3.8, 4) is 44.5 Å². The largest absolute Gasteiger partial charge is 0.455 e. The van der Waals surface area contributed by atoms with Gasteiger partial charge in [-0.1, -0.05) is 182 Å². The van der Waals surface area contributed by atoms with Crippen molar-refractivity contribution < 1.29 is 4.42 Å². The van der Waals surface area contributed by atoms with Crippen molar-refractivity contribution in [3.05, 3.63) is 224 Å². The van der Waals surface area contributed by atoms with E-state index in [1.165, 1.54) is 53.2 Å². The lowest BCUT2D eigenvalue weighted by Gasteiger charge is -2.30. The standard InChI is InChI=1S/C58H37NOS/c1-2-22-43-38(16-1)17-13-28-45(43)46-23-3-7-32-53(46)59(54-33-8-4-24-47(54)50-29-15-30-51-48-25-5-9-34-55(48)60-57(50)51)42-21-12-19-40(37-42)39-18-11-20-41(36-39)44-27-14-31-52-49-26-6-10-35-56(49)61-58(44)52/h1-37H. The third kappa shape index (κ3) is 5.93. The van der Waals surface area contributed by atoms with Crippen molar-refractivity contribution in [2.45, 2.75) is 0 Å². The normalized spacial score (nSPS) is 11.6. The topological polar surface area (TPSA) is 16.4 Å². The fraction of sp³-hybridized carbons (Fsp3) is 0. The highest BCUT2D eigenvalue weighted by Crippen LogP contribution is 2.48. The molecular formula is C58H37NOS. The first-order chi connectivity index (χ1) is 30.3. The van der Waals surface area contributed by atoms with Gasteiger partial charge in [0, 0.05) is 53.3 Å². The van der Waals surface area contributed by atoms with Gasteiger partial charge in [-0.3, -0.25) is 0 Å². The summed E-state index contributed by atoms with van der Waals surface area (Å²) in [6, 6.07) is 81.2. The third-order valence-corrected chi connectivity index (χ3v) is 13.3. The number of hydrogen-bond acceptors (Lipinski definition) is 3. The van der Waals surface area contributed by atoms with Crippen LogP contribution in [0, 0.1) is 0 Å². The van der Waals surface area contributed by atoms with Crippen molar-refractivity contribution in [2.24, 2.45) is 0 Å². The molecule has 0 N–H and O–H groups in total. The molecule has 0 atom stereocenters. The van der Waals surface area contributed by atoms with Gasteiger partial charge in [-0.2, -0.15) is 0 Å². The van der Waals surface area contributed by atoms with Crippen molar-refractivity contribution in [2.75, 3.05) is 4.90 Å². The number of thiophene rings is 1. The van der Waals surface area contributed by atoms with Gasteiger partial charge in [0.2, 0.25) is 0 Å². The van der Waals surface area contributed by atoms with Gasteiger partial charge in [-0.15, -0.1) is 11.3 Å². The molecule has 2 aromatic heterocycles. The minimum Gasteiger partial charge on any atom is -0.455 e. The van der Waals surface area contributed by atoms with Crippen molar-refractivity contribution >= 4 is 81.3 Å². The highest BCUT2D eigenvalue weighted by molar-refractivity contribution is 7.26. The molecular weight excluding hydrogens is 759 g/mol. The SMILES string of the molecule is c1cc(-c2cccc(N(c3ccccc3-c3cccc4ccccc34)c3ccccc3-c3cccc4c3oc3ccccc34)c2)cc(-c2cccc3c2sc2ccccc23)c1. The Morgan fingerprint density at radius 3 is 1.74 bits per heavy atom. The van der Waals surface area contributed by atoms with E-state index in [1.54, 1.807) is 0 Å². The first-order valence-electron chi connectivity index (χ1n) is 20.7. The number of para-hydroxylation sites is 4. The lowest BCUT2D eigenvalue weighted by atomic mass is 9.94. The fourth-order valence-corrected chi connectivity index (χ4v) is 10.5. The van der Waals surface area contributed by atoms with Crippen LogP contribution in [-0.2, 0) is 0 Å². The Balaban J connectivity index is 1.06. The summed E-state index contributed by atoms with van der Waals surface area (Å²) >= 11 is 1.87. The van der Waals surface area contributed by atoms with Crippen LogP contribution in [0.3, 0.4) is 0 Å². The molecule has 2 heterocycles. The molecule has 0 amide bonds. The molecule has 286 valence electrons. The van der Waals surface area contributed by atoms with Crippen LogP contribution in [0.15, 0.2) is 229 Å². The molecule has 0 aliphatic heterocycles. The molecule has 0 aliphatic rings. The van der Waals surface area contributed by atoms with Crippen LogP contribution < -0.4 is 4.90 Å². The molecule has 61 heavy (non-hydrogen) atoms. The Hall–Kier alpha value is -7.72. The number of nitrogens with zero attached hydrogens (tertiary/aromatic N) is 1. The van der Waals surface area contributed by atoms with E-state index in [9.17, 15) is 0 Å². The van der Waals surface area contributed by atoms with E-state index < -0.39 is 0 Å². The summed E-state index contributed by atoms with van der Waals surface area (Å²) in [6.07, 6.45) is 0. The molecule has 12 aromatic rings. The molecule has 0 bridgehead atoms. The molecule has 0 saturated carbocycles. The Bertz CT molecular complexity index is 3620. The summed E-state index contributed by atoms with van der Waals surface area (Å²) in [5.74, 6) is 0. The number of benzene rings is 10. The third-order valence-electron chi connectivity index (χ3n) is 12.1. The summed E-state index contributed by atoms with van der Waals surface area (Å²) in [5.41, 5.74) is 14.2. The van der Waals surface area contributed by atoms with Gasteiger partial charge in [0.05, 0.1) is 11.4 Å². The van der Waals surface area contributed by atoms with E-state index in [-0.39, 0.29) is 0 Å². The predicted molar refractivity (Wildman–Crippen MR) is 261 cm³/mol. The van der Waals surface area contributed by atoms with Crippen LogP contribution >= 0.6 is 11.3 Å². The number of rotatable bonds is 7. The second-order valence-corrected chi connectivity index (χ2v) is 16.6. The maximum atomic E-state index is 6.68. The summed E-state index contributed by atoms with van der Waals surface area (Å²) < 4.78 is 9.31. The van der Waals surface area contributed by atoms with Gasteiger partial charge in [-0.25, -0.2) is 0 Å². The summed E-state index contributed by atoms with van der Waals surface area (Å²) in [4.78, 5) is 2.44. The minimum atomic E-state index is 0.887. The summed E-state index contributed by atoms with van der Waals surface area (Å²) in [7, 11) is 0. The van der Waals surface area contributed by atoms with Gasteiger partial charge in [0.1, 0.15) is 11.2 Å². The van der Waals surface area contributed by atoms with Crippen LogP contribution in [0.5, 0.6) is 0 Å². The second kappa shape index (κ2) is 14.5. The first kappa shape index (κ1) is 35.2. The maximum absolute atomic E-state index is 6.68. The summed E-state index contributed by atoms with van der Waals surface area (Å²) in [5, 5.41) is 7.28. The van der Waals surface area contributed by atoms with Gasteiger partial charge < -0.3 is 9.32 Å². The van der Waals surface area contributed by atoms with Crippen molar-refractivity contribution in [1.29, 1.82) is 0 Å². The van der Waals surface area contributed by atoms with E-state index in [1.807, 2.05) is 17.4 Å². The number of anilines is 3. The van der Waals surface area contributed by atoms with Crippen LogP contribution in [0.2, 0.25) is 0 Å². The second-order valence-electron chi connectivity index (χ2n) is 15.6. The highest BCUT2D eigenvalue weighted by atomic mass is 32.1. The highest BCUT2D eigenvalue weighted by Gasteiger charge is 2.23. The Morgan fingerprint density at radius 1 is 0.344 bits per heavy atom. The lowest BCUT2D eigenvalue weighted by Crippen LogP contribution is -2.12. The lowest BCUT2D eigenvalue weighted by molar-refractivity contribution is 0.670. The Labute approximate surface area is 357 Å². The van der Waals surface area contributed by atoms with Gasteiger partial charge >= 0.3 is 0 Å². The monoisotopic (exact) mass is 795 g/mol. The Kier molecular flexibility index (Phi) is 8.39. The summed E-state index contributed by atoms with van der Waals surface area (Å²) in [6.45, 7) is 0. The van der Waals surface area contributed by atoms with Crippen LogP contribution in [0.1, 0.15) is 0 Å². The zero-order valence-electron chi connectivity index (χ0n) is 33.1. The molecule has 0 unspecified atom stereocenters. The minimum absolute atomic E-state index is 0.887. The van der Waals surface area contributed by atoms with Gasteiger partial charge in [0.25, 0.3) is 0 Å². The van der Waals surface area contributed by atoms with Gasteiger partial charge in [0.15, 0.2) is 0 Å². The molecule has 10 aromatic carbocycles. The quantitative estimate of drug-likeness (QED) is 0.160. The number of hydrogen-bond donors (Lipinski definition) is 0. The van der Waals surface area contributed by atoms with E-state index in [4.69, 9.17) is 4.42 Å². The molecule has 2 nitrogen and oxygen atoms in total. The van der Waals surface area contributed by atoms with Crippen molar-refractivity contribution in [3.63, 3.8) is 0 Å². The number of fused-ring (bicyclic) bond motifs is 7. The molecule has 12 rings (SSSR count). The van der Waals surface area contributed by atoms with E-state index in [2.05, 4.69) is 223 Å². The van der Waals surface area contributed by atoms with Crippen LogP contribution in [0.4, 0.5) is 17.1 Å². The maximum Gasteiger partial charge on any atom is 0.143 e. The molecule has 0 saturated heterocycles. The number of furan rings is 1. The average molecular weight is 796 g/mol. The van der Waals surface area contributed by atoms with Crippen LogP contribution in [0.25, 0.3) is 97.4 Å². The smallest absolute Gasteiger partial charge is 0.143 e. The zero-order chi connectivity index (χ0) is 40.3. The van der Waals surface area contributed by atoms with E-state index in [0.717, 1.165) is 61.3 Å². The van der Waals surface area contributed by atoms with Crippen LogP contribution in [-0.4, -0.2) is 0 Å². The molecule has 0 spiro atoms. The molecule has 0 aliphatic carbocycles. The zero-order valence-corrected chi connectivity index (χ0v) is 33.9.